The second-order valence-corrected chi connectivity index (χ2v) is 3.93. The largest absolute Gasteiger partial charge is 0.461 e. The van der Waals surface area contributed by atoms with Gasteiger partial charge in [-0.05, 0) is 17.7 Å². The van der Waals surface area contributed by atoms with Gasteiger partial charge in [-0.2, -0.15) is 0 Å². The Bertz CT molecular complexity index is 488. The van der Waals surface area contributed by atoms with Crippen molar-refractivity contribution in [3.63, 3.8) is 0 Å². The van der Waals surface area contributed by atoms with Crippen LogP contribution in [0.5, 0.6) is 0 Å². The first-order chi connectivity index (χ1) is 8.25. The maximum absolute atomic E-state index is 11.6. The van der Waals surface area contributed by atoms with Crippen molar-refractivity contribution in [3.8, 4) is 0 Å². The third-order valence-corrected chi connectivity index (χ3v) is 2.62. The van der Waals surface area contributed by atoms with Crippen LogP contribution in [0.1, 0.15) is 11.3 Å². The van der Waals surface area contributed by atoms with E-state index < -0.39 is 0 Å². The average Bonchev–Trinajstić information content (AvgIpc) is 2.74. The minimum atomic E-state index is -0.198. The molecule has 2 aromatic rings. The Balaban J connectivity index is 1.85. The van der Waals surface area contributed by atoms with Crippen molar-refractivity contribution in [1.29, 1.82) is 0 Å². The van der Waals surface area contributed by atoms with Crippen LogP contribution >= 0.6 is 0 Å². The fourth-order valence-corrected chi connectivity index (χ4v) is 1.62. The fourth-order valence-electron chi connectivity index (χ4n) is 1.62. The third-order valence-electron chi connectivity index (χ3n) is 2.62. The highest BCUT2D eigenvalue weighted by molar-refractivity contribution is 5.72. The standard InChI is InChI=1S/C14H15NO2/c1-15-9-5-8-13(15)10-14(16)17-11-12-6-3-2-4-7-12/h2-9H,10-11H2,1H3. The number of aromatic nitrogens is 1. The van der Waals surface area contributed by atoms with E-state index in [2.05, 4.69) is 0 Å². The van der Waals surface area contributed by atoms with Gasteiger partial charge in [0.2, 0.25) is 0 Å². The highest BCUT2D eigenvalue weighted by Crippen LogP contribution is 2.05. The highest BCUT2D eigenvalue weighted by atomic mass is 16.5. The van der Waals surface area contributed by atoms with Crippen LogP contribution < -0.4 is 0 Å². The van der Waals surface area contributed by atoms with Crippen LogP contribution in [0.15, 0.2) is 48.7 Å². The van der Waals surface area contributed by atoms with Gasteiger partial charge in [0.05, 0.1) is 6.42 Å². The molecule has 0 aliphatic heterocycles. The molecule has 1 heterocycles. The summed E-state index contributed by atoms with van der Waals surface area (Å²) in [6.07, 6.45) is 2.23. The van der Waals surface area contributed by atoms with Crippen molar-refractivity contribution < 1.29 is 9.53 Å². The van der Waals surface area contributed by atoms with E-state index in [9.17, 15) is 4.79 Å². The molecule has 88 valence electrons. The van der Waals surface area contributed by atoms with E-state index in [-0.39, 0.29) is 5.97 Å². The van der Waals surface area contributed by atoms with Crippen LogP contribution in [0, 0.1) is 0 Å². The van der Waals surface area contributed by atoms with Gasteiger partial charge in [-0.15, -0.1) is 0 Å². The minimum Gasteiger partial charge on any atom is -0.461 e. The van der Waals surface area contributed by atoms with Gasteiger partial charge in [0, 0.05) is 18.9 Å². The van der Waals surface area contributed by atoms with Gasteiger partial charge < -0.3 is 9.30 Å². The summed E-state index contributed by atoms with van der Waals surface area (Å²) >= 11 is 0. The maximum atomic E-state index is 11.6. The average molecular weight is 229 g/mol. The van der Waals surface area contributed by atoms with Gasteiger partial charge in [-0.25, -0.2) is 0 Å². The van der Waals surface area contributed by atoms with E-state index in [1.54, 1.807) is 0 Å². The lowest BCUT2D eigenvalue weighted by Gasteiger charge is -2.05. The minimum absolute atomic E-state index is 0.198. The summed E-state index contributed by atoms with van der Waals surface area (Å²) in [6, 6.07) is 13.5. The van der Waals surface area contributed by atoms with Crippen molar-refractivity contribution in [2.45, 2.75) is 13.0 Å². The number of carbonyl (C=O) groups excluding carboxylic acids is 1. The zero-order valence-electron chi connectivity index (χ0n) is 9.80. The Hall–Kier alpha value is -2.03. The van der Waals surface area contributed by atoms with Crippen LogP contribution in [0.2, 0.25) is 0 Å². The quantitative estimate of drug-likeness (QED) is 0.753. The molecule has 0 unspecified atom stereocenters. The molecule has 0 saturated carbocycles. The van der Waals surface area contributed by atoms with Crippen molar-refractivity contribution in [2.75, 3.05) is 0 Å². The first-order valence-corrected chi connectivity index (χ1v) is 5.55. The van der Waals surface area contributed by atoms with E-state index in [1.165, 1.54) is 0 Å². The zero-order valence-corrected chi connectivity index (χ0v) is 9.80. The molecule has 3 heteroatoms. The summed E-state index contributed by atoms with van der Waals surface area (Å²) in [6.45, 7) is 0.337. The summed E-state index contributed by atoms with van der Waals surface area (Å²) in [5.41, 5.74) is 1.97. The second-order valence-electron chi connectivity index (χ2n) is 3.93. The summed E-state index contributed by atoms with van der Waals surface area (Å²) in [4.78, 5) is 11.6. The number of esters is 1. The molecule has 0 fully saturated rings. The Labute approximate surface area is 101 Å². The van der Waals surface area contributed by atoms with Gasteiger partial charge in [0.1, 0.15) is 6.61 Å². The lowest BCUT2D eigenvalue weighted by atomic mass is 10.2. The molecule has 0 spiro atoms. The Morgan fingerprint density at radius 1 is 1.18 bits per heavy atom. The number of carbonyl (C=O) groups is 1. The number of hydrogen-bond donors (Lipinski definition) is 0. The monoisotopic (exact) mass is 229 g/mol. The topological polar surface area (TPSA) is 31.2 Å². The summed E-state index contributed by atoms with van der Waals surface area (Å²) in [5, 5.41) is 0. The van der Waals surface area contributed by atoms with E-state index in [0.717, 1.165) is 11.3 Å². The SMILES string of the molecule is Cn1cccc1CC(=O)OCc1ccccc1. The number of rotatable bonds is 4. The Kier molecular flexibility index (Phi) is 3.60. The number of nitrogens with zero attached hydrogens (tertiary/aromatic N) is 1. The van der Waals surface area contributed by atoms with Crippen molar-refractivity contribution in [2.24, 2.45) is 7.05 Å². The van der Waals surface area contributed by atoms with E-state index in [1.807, 2.05) is 60.3 Å². The number of aryl methyl sites for hydroxylation is 1. The molecule has 0 aliphatic carbocycles. The molecule has 17 heavy (non-hydrogen) atoms. The van der Waals surface area contributed by atoms with E-state index >= 15 is 0 Å². The predicted molar refractivity (Wildman–Crippen MR) is 65.4 cm³/mol. The molecule has 0 radical (unpaired) electrons. The van der Waals surface area contributed by atoms with Gasteiger partial charge in [-0.3, -0.25) is 4.79 Å². The molecular weight excluding hydrogens is 214 g/mol. The van der Waals surface area contributed by atoms with Gasteiger partial charge in [0.25, 0.3) is 0 Å². The molecule has 0 atom stereocenters. The maximum Gasteiger partial charge on any atom is 0.312 e. The summed E-state index contributed by atoms with van der Waals surface area (Å²) in [7, 11) is 1.92. The van der Waals surface area contributed by atoms with Gasteiger partial charge in [-0.1, -0.05) is 30.3 Å². The Morgan fingerprint density at radius 2 is 1.94 bits per heavy atom. The van der Waals surface area contributed by atoms with E-state index in [0.29, 0.717) is 13.0 Å². The van der Waals surface area contributed by atoms with Crippen LogP contribution in [-0.2, 0) is 29.6 Å². The van der Waals surface area contributed by atoms with Crippen LogP contribution in [0.3, 0.4) is 0 Å². The lowest BCUT2D eigenvalue weighted by molar-refractivity contribution is -0.144. The predicted octanol–water partition coefficient (Wildman–Crippen LogP) is 2.31. The van der Waals surface area contributed by atoms with Gasteiger partial charge in [0.15, 0.2) is 0 Å². The molecule has 2 rings (SSSR count). The molecule has 0 N–H and O–H groups in total. The molecular formula is C14H15NO2. The number of hydrogen-bond acceptors (Lipinski definition) is 2. The van der Waals surface area contributed by atoms with Gasteiger partial charge >= 0.3 is 5.97 Å². The third kappa shape index (κ3) is 3.21. The number of ether oxygens (including phenoxy) is 1. The molecule has 0 bridgehead atoms. The first-order valence-electron chi connectivity index (χ1n) is 5.55. The normalized spacial score (nSPS) is 10.2. The molecule has 1 aromatic carbocycles. The van der Waals surface area contributed by atoms with Crippen molar-refractivity contribution in [1.82, 2.24) is 4.57 Å². The smallest absolute Gasteiger partial charge is 0.312 e. The first kappa shape index (κ1) is 11.5. The fraction of sp³-hybridized carbons (Fsp3) is 0.214. The molecule has 3 nitrogen and oxygen atoms in total. The summed E-state index contributed by atoms with van der Waals surface area (Å²) < 4.78 is 7.12. The lowest BCUT2D eigenvalue weighted by Crippen LogP contribution is -2.10. The zero-order chi connectivity index (χ0) is 12.1. The second kappa shape index (κ2) is 5.34. The highest BCUT2D eigenvalue weighted by Gasteiger charge is 2.07. The molecule has 1 aromatic heterocycles. The number of benzene rings is 1. The molecule has 0 amide bonds. The van der Waals surface area contributed by atoms with Crippen LogP contribution in [-0.4, -0.2) is 10.5 Å². The van der Waals surface area contributed by atoms with Crippen LogP contribution in [0.25, 0.3) is 0 Å². The van der Waals surface area contributed by atoms with Crippen molar-refractivity contribution in [3.05, 3.63) is 59.9 Å². The van der Waals surface area contributed by atoms with Crippen LogP contribution in [0.4, 0.5) is 0 Å². The van der Waals surface area contributed by atoms with E-state index in [4.69, 9.17) is 4.74 Å². The summed E-state index contributed by atoms with van der Waals surface area (Å²) in [5.74, 6) is -0.198. The Morgan fingerprint density at radius 3 is 2.59 bits per heavy atom. The van der Waals surface area contributed by atoms with Crippen molar-refractivity contribution >= 4 is 5.97 Å². The molecule has 0 saturated heterocycles. The molecule has 0 aliphatic rings.